The van der Waals surface area contributed by atoms with E-state index in [0.29, 0.717) is 10.9 Å². The Kier molecular flexibility index (Phi) is 3.55. The third kappa shape index (κ3) is 2.77. The van der Waals surface area contributed by atoms with Crippen LogP contribution in [0.5, 0.6) is 5.88 Å². The quantitative estimate of drug-likeness (QED) is 0.435. The first-order chi connectivity index (χ1) is 11.1. The SMILES string of the molecule is O=C(N=Nc1c(O)[nH]c2ccccc12)c1ccc([N+](=O)[O-])cc1. The van der Waals surface area contributed by atoms with E-state index >= 15 is 0 Å². The van der Waals surface area contributed by atoms with E-state index in [4.69, 9.17) is 0 Å². The lowest BCUT2D eigenvalue weighted by Crippen LogP contribution is -1.94. The topological polar surface area (TPSA) is 121 Å². The van der Waals surface area contributed by atoms with Crippen LogP contribution in [-0.2, 0) is 0 Å². The maximum absolute atomic E-state index is 11.9. The molecule has 2 aromatic carbocycles. The van der Waals surface area contributed by atoms with E-state index in [1.807, 2.05) is 0 Å². The third-order valence-electron chi connectivity index (χ3n) is 3.23. The number of carbonyl (C=O) groups is 1. The Balaban J connectivity index is 1.88. The van der Waals surface area contributed by atoms with Crippen LogP contribution in [0.2, 0.25) is 0 Å². The molecular formula is C15H10N4O4. The number of hydrogen-bond acceptors (Lipinski definition) is 5. The first kappa shape index (κ1) is 14.4. The second-order valence-electron chi connectivity index (χ2n) is 4.68. The van der Waals surface area contributed by atoms with Crippen molar-refractivity contribution in [3.8, 4) is 5.88 Å². The van der Waals surface area contributed by atoms with E-state index in [0.717, 1.165) is 0 Å². The molecule has 0 aliphatic rings. The van der Waals surface area contributed by atoms with Gasteiger partial charge in [0.15, 0.2) is 5.69 Å². The van der Waals surface area contributed by atoms with Gasteiger partial charge < -0.3 is 10.1 Å². The van der Waals surface area contributed by atoms with E-state index in [9.17, 15) is 20.0 Å². The molecule has 8 nitrogen and oxygen atoms in total. The summed E-state index contributed by atoms with van der Waals surface area (Å²) in [6.45, 7) is 0. The molecule has 0 saturated carbocycles. The molecule has 3 rings (SSSR count). The number of benzene rings is 2. The van der Waals surface area contributed by atoms with Gasteiger partial charge in [0.2, 0.25) is 5.88 Å². The Bertz CT molecular complexity index is 928. The summed E-state index contributed by atoms with van der Waals surface area (Å²) in [5.74, 6) is -0.851. The Hall–Kier alpha value is -3.55. The summed E-state index contributed by atoms with van der Waals surface area (Å²) < 4.78 is 0. The lowest BCUT2D eigenvalue weighted by atomic mass is 10.2. The van der Waals surface area contributed by atoms with Crippen molar-refractivity contribution in [2.45, 2.75) is 0 Å². The van der Waals surface area contributed by atoms with Crippen molar-refractivity contribution in [2.24, 2.45) is 10.2 Å². The molecule has 0 radical (unpaired) electrons. The summed E-state index contributed by atoms with van der Waals surface area (Å²) in [4.78, 5) is 24.7. The zero-order valence-corrected chi connectivity index (χ0v) is 11.6. The minimum Gasteiger partial charge on any atom is -0.493 e. The zero-order chi connectivity index (χ0) is 16.4. The highest BCUT2D eigenvalue weighted by atomic mass is 16.6. The molecule has 23 heavy (non-hydrogen) atoms. The number of nitro groups is 1. The number of hydrogen-bond donors (Lipinski definition) is 2. The Morgan fingerprint density at radius 3 is 2.52 bits per heavy atom. The molecule has 1 heterocycles. The van der Waals surface area contributed by atoms with Gasteiger partial charge in [-0.1, -0.05) is 18.2 Å². The highest BCUT2D eigenvalue weighted by Crippen LogP contribution is 2.35. The number of aromatic amines is 1. The van der Waals surface area contributed by atoms with E-state index in [-0.39, 0.29) is 22.8 Å². The van der Waals surface area contributed by atoms with E-state index < -0.39 is 10.8 Å². The molecule has 0 unspecified atom stereocenters. The van der Waals surface area contributed by atoms with Crippen LogP contribution in [0, 0.1) is 10.1 Å². The largest absolute Gasteiger partial charge is 0.493 e. The van der Waals surface area contributed by atoms with Gasteiger partial charge in [0.25, 0.3) is 11.6 Å². The van der Waals surface area contributed by atoms with Gasteiger partial charge in [-0.2, -0.15) is 0 Å². The number of nitro benzene ring substituents is 1. The van der Waals surface area contributed by atoms with Crippen molar-refractivity contribution < 1.29 is 14.8 Å². The fourth-order valence-corrected chi connectivity index (χ4v) is 2.09. The second kappa shape index (κ2) is 5.68. The lowest BCUT2D eigenvalue weighted by Gasteiger charge is -1.95. The highest BCUT2D eigenvalue weighted by molar-refractivity contribution is 5.97. The van der Waals surface area contributed by atoms with Crippen molar-refractivity contribution >= 4 is 28.2 Å². The smallest absolute Gasteiger partial charge is 0.295 e. The van der Waals surface area contributed by atoms with Gasteiger partial charge >= 0.3 is 0 Å². The van der Waals surface area contributed by atoms with Crippen LogP contribution >= 0.6 is 0 Å². The summed E-state index contributed by atoms with van der Waals surface area (Å²) in [5, 5.41) is 28.4. The highest BCUT2D eigenvalue weighted by Gasteiger charge is 2.12. The molecule has 0 spiro atoms. The van der Waals surface area contributed by atoms with Gasteiger partial charge in [-0.15, -0.1) is 10.2 Å². The third-order valence-corrected chi connectivity index (χ3v) is 3.23. The maximum Gasteiger partial charge on any atom is 0.295 e. The van der Waals surface area contributed by atoms with Crippen LogP contribution in [0.4, 0.5) is 11.4 Å². The van der Waals surface area contributed by atoms with Gasteiger partial charge in [-0.05, 0) is 18.2 Å². The van der Waals surface area contributed by atoms with Crippen LogP contribution in [0.25, 0.3) is 10.9 Å². The lowest BCUT2D eigenvalue weighted by molar-refractivity contribution is -0.384. The molecule has 1 aromatic heterocycles. The van der Waals surface area contributed by atoms with E-state index in [1.165, 1.54) is 24.3 Å². The fraction of sp³-hybridized carbons (Fsp3) is 0. The molecule has 0 atom stereocenters. The number of amides is 1. The number of carbonyl (C=O) groups excluding carboxylic acids is 1. The minimum absolute atomic E-state index is 0.118. The predicted octanol–water partition coefficient (Wildman–Crippen LogP) is 3.71. The summed E-state index contributed by atoms with van der Waals surface area (Å²) in [7, 11) is 0. The number of nitrogens with zero attached hydrogens (tertiary/aromatic N) is 3. The predicted molar refractivity (Wildman–Crippen MR) is 81.9 cm³/mol. The van der Waals surface area contributed by atoms with Gasteiger partial charge in [0.05, 0.1) is 10.4 Å². The summed E-state index contributed by atoms with van der Waals surface area (Å²) in [6.07, 6.45) is 0. The molecule has 0 aliphatic heterocycles. The number of rotatable bonds is 3. The number of H-pyrrole nitrogens is 1. The molecule has 2 N–H and O–H groups in total. The number of aromatic nitrogens is 1. The zero-order valence-electron chi connectivity index (χ0n) is 11.6. The summed E-state index contributed by atoms with van der Waals surface area (Å²) in [5.41, 5.74) is 0.879. The molecule has 0 aliphatic carbocycles. The van der Waals surface area contributed by atoms with E-state index in [2.05, 4.69) is 15.2 Å². The van der Waals surface area contributed by atoms with Crippen LogP contribution in [0.15, 0.2) is 58.8 Å². The van der Waals surface area contributed by atoms with Crippen molar-refractivity contribution in [3.63, 3.8) is 0 Å². The molecule has 1 amide bonds. The molecule has 8 heteroatoms. The van der Waals surface area contributed by atoms with Gasteiger partial charge in [0, 0.05) is 23.1 Å². The molecule has 3 aromatic rings. The Morgan fingerprint density at radius 1 is 1.13 bits per heavy atom. The minimum atomic E-state index is -0.662. The number of non-ortho nitro benzene ring substituents is 1. The molecule has 0 fully saturated rings. The number of aromatic hydroxyl groups is 1. The molecule has 0 saturated heterocycles. The second-order valence-corrected chi connectivity index (χ2v) is 4.68. The van der Waals surface area contributed by atoms with Crippen LogP contribution in [0.3, 0.4) is 0 Å². The number of para-hydroxylation sites is 1. The van der Waals surface area contributed by atoms with Crippen LogP contribution in [0.1, 0.15) is 10.4 Å². The van der Waals surface area contributed by atoms with Crippen molar-refractivity contribution in [2.75, 3.05) is 0 Å². The van der Waals surface area contributed by atoms with Crippen LogP contribution < -0.4 is 0 Å². The normalized spacial score (nSPS) is 11.1. The Labute approximate surface area is 129 Å². The monoisotopic (exact) mass is 310 g/mol. The van der Waals surface area contributed by atoms with Crippen molar-refractivity contribution in [1.82, 2.24) is 4.98 Å². The van der Waals surface area contributed by atoms with Gasteiger partial charge in [-0.3, -0.25) is 14.9 Å². The van der Waals surface area contributed by atoms with Gasteiger partial charge in [-0.25, -0.2) is 0 Å². The molecule has 114 valence electrons. The van der Waals surface area contributed by atoms with Crippen molar-refractivity contribution in [1.29, 1.82) is 0 Å². The molecule has 0 bridgehead atoms. The average Bonchev–Trinajstić information content (AvgIpc) is 2.88. The maximum atomic E-state index is 11.9. The standard InChI is InChI=1S/C15H10N4O4/c20-14(9-5-7-10(8-6-9)19(22)23)18-17-13-11-3-1-2-4-12(11)16-15(13)21/h1-8,16,21H. The summed E-state index contributed by atoms with van der Waals surface area (Å²) >= 11 is 0. The average molecular weight is 310 g/mol. The first-order valence-electron chi connectivity index (χ1n) is 6.56. The first-order valence-corrected chi connectivity index (χ1v) is 6.56. The number of nitrogens with one attached hydrogen (secondary N) is 1. The number of fused-ring (bicyclic) bond motifs is 1. The van der Waals surface area contributed by atoms with Gasteiger partial charge in [0.1, 0.15) is 0 Å². The van der Waals surface area contributed by atoms with E-state index in [1.54, 1.807) is 24.3 Å². The summed E-state index contributed by atoms with van der Waals surface area (Å²) in [6, 6.07) is 12.1. The Morgan fingerprint density at radius 2 is 1.83 bits per heavy atom. The molecular weight excluding hydrogens is 300 g/mol. The van der Waals surface area contributed by atoms with Crippen LogP contribution in [-0.4, -0.2) is 20.9 Å². The van der Waals surface area contributed by atoms with Crippen molar-refractivity contribution in [3.05, 3.63) is 64.2 Å². The fourth-order valence-electron chi connectivity index (χ4n) is 2.09. The number of azo groups is 1.